The zero-order valence-electron chi connectivity index (χ0n) is 11.1. The van der Waals surface area contributed by atoms with Gasteiger partial charge in [-0.15, -0.1) is 0 Å². The topological polar surface area (TPSA) is 77.1 Å². The van der Waals surface area contributed by atoms with Gasteiger partial charge in [0.25, 0.3) is 0 Å². The number of aromatic nitrogens is 1. The van der Waals surface area contributed by atoms with Gasteiger partial charge >= 0.3 is 4.87 Å². The fraction of sp³-hybridized carbons (Fsp3) is 0.231. The predicted molar refractivity (Wildman–Crippen MR) is 82.5 cm³/mol. The summed E-state index contributed by atoms with van der Waals surface area (Å²) in [6, 6.07) is 4.84. The van der Waals surface area contributed by atoms with Gasteiger partial charge in [-0.2, -0.15) is 0 Å². The Morgan fingerprint density at radius 3 is 2.75 bits per heavy atom. The number of nitrogens with one attached hydrogen (secondary N) is 1. The molecule has 1 aromatic carbocycles. The van der Waals surface area contributed by atoms with Crippen LogP contribution in [0.15, 0.2) is 23.0 Å². The Kier molecular flexibility index (Phi) is 4.15. The number of aryl methyl sites for hydroxylation is 1. The van der Waals surface area contributed by atoms with Crippen molar-refractivity contribution in [2.45, 2.75) is 20.4 Å². The van der Waals surface area contributed by atoms with Gasteiger partial charge in [0.05, 0.1) is 10.7 Å². The summed E-state index contributed by atoms with van der Waals surface area (Å²) >= 11 is 7.10. The summed E-state index contributed by atoms with van der Waals surface area (Å²) in [6.07, 6.45) is 0. The molecule has 0 saturated carbocycles. The molecule has 0 saturated heterocycles. The molecule has 5 nitrogen and oxygen atoms in total. The maximum atomic E-state index is 12.0. The minimum atomic E-state index is -0.319. The summed E-state index contributed by atoms with van der Waals surface area (Å²) in [6.45, 7) is 3.62. The van der Waals surface area contributed by atoms with Crippen molar-refractivity contribution < 1.29 is 4.79 Å². The van der Waals surface area contributed by atoms with E-state index < -0.39 is 0 Å². The number of amides is 1. The average molecular weight is 312 g/mol. The predicted octanol–water partition coefficient (Wildman–Crippen LogP) is 2.40. The van der Waals surface area contributed by atoms with E-state index in [0.29, 0.717) is 16.4 Å². The molecule has 0 radical (unpaired) electrons. The zero-order valence-corrected chi connectivity index (χ0v) is 12.6. The Labute approximate surface area is 125 Å². The molecule has 0 aliphatic heterocycles. The van der Waals surface area contributed by atoms with Crippen LogP contribution in [0.25, 0.3) is 0 Å². The first-order valence-electron chi connectivity index (χ1n) is 5.90. The highest BCUT2D eigenvalue weighted by molar-refractivity contribution is 7.09. The minimum Gasteiger partial charge on any atom is -0.399 e. The fourth-order valence-electron chi connectivity index (χ4n) is 1.74. The van der Waals surface area contributed by atoms with Gasteiger partial charge in [-0.05, 0) is 32.0 Å². The van der Waals surface area contributed by atoms with Crippen molar-refractivity contribution in [1.82, 2.24) is 4.57 Å². The third-order valence-electron chi connectivity index (χ3n) is 2.94. The first-order chi connectivity index (χ1) is 9.38. The smallest absolute Gasteiger partial charge is 0.308 e. The molecule has 0 unspecified atom stereocenters. The Balaban J connectivity index is 2.17. The van der Waals surface area contributed by atoms with E-state index >= 15 is 0 Å². The van der Waals surface area contributed by atoms with Gasteiger partial charge in [0.15, 0.2) is 0 Å². The third-order valence-corrected chi connectivity index (χ3v) is 4.27. The van der Waals surface area contributed by atoms with E-state index in [9.17, 15) is 9.59 Å². The van der Waals surface area contributed by atoms with E-state index in [4.69, 9.17) is 17.3 Å². The molecule has 2 rings (SSSR count). The van der Waals surface area contributed by atoms with Gasteiger partial charge in [0.1, 0.15) is 6.54 Å². The van der Waals surface area contributed by atoms with E-state index in [1.165, 1.54) is 4.57 Å². The number of benzene rings is 1. The Morgan fingerprint density at radius 1 is 1.45 bits per heavy atom. The van der Waals surface area contributed by atoms with Crippen LogP contribution in [0.5, 0.6) is 0 Å². The van der Waals surface area contributed by atoms with E-state index in [-0.39, 0.29) is 17.3 Å². The van der Waals surface area contributed by atoms with Gasteiger partial charge in [0, 0.05) is 16.3 Å². The number of carbonyl (C=O) groups is 1. The SMILES string of the molecule is Cc1sc(=O)n(CC(=O)Nc2cc(N)ccc2Cl)c1C. The van der Waals surface area contributed by atoms with Gasteiger partial charge in [-0.1, -0.05) is 22.9 Å². The lowest BCUT2D eigenvalue weighted by molar-refractivity contribution is -0.116. The molecule has 0 aliphatic rings. The number of rotatable bonds is 3. The van der Waals surface area contributed by atoms with Crippen LogP contribution in [0.2, 0.25) is 5.02 Å². The van der Waals surface area contributed by atoms with E-state index in [0.717, 1.165) is 21.9 Å². The molecule has 0 fully saturated rings. The van der Waals surface area contributed by atoms with Crippen molar-refractivity contribution in [1.29, 1.82) is 0 Å². The molecular formula is C13H14ClN3O2S. The first-order valence-corrected chi connectivity index (χ1v) is 7.09. The molecule has 1 aromatic heterocycles. The highest BCUT2D eigenvalue weighted by Gasteiger charge is 2.12. The van der Waals surface area contributed by atoms with Crippen molar-refractivity contribution in [3.8, 4) is 0 Å². The zero-order chi connectivity index (χ0) is 14.9. The number of hydrogen-bond acceptors (Lipinski definition) is 4. The van der Waals surface area contributed by atoms with Gasteiger partial charge in [-0.25, -0.2) is 0 Å². The minimum absolute atomic E-state index is 0.0415. The third kappa shape index (κ3) is 3.02. The van der Waals surface area contributed by atoms with E-state index in [2.05, 4.69) is 5.32 Å². The lowest BCUT2D eigenvalue weighted by atomic mass is 10.3. The summed E-state index contributed by atoms with van der Waals surface area (Å²) < 4.78 is 1.44. The summed E-state index contributed by atoms with van der Waals surface area (Å²) in [7, 11) is 0. The number of nitrogens with zero attached hydrogens (tertiary/aromatic N) is 1. The second-order valence-corrected chi connectivity index (χ2v) is 5.96. The Hall–Kier alpha value is -1.79. The van der Waals surface area contributed by atoms with Crippen LogP contribution in [0.4, 0.5) is 11.4 Å². The monoisotopic (exact) mass is 311 g/mol. The largest absolute Gasteiger partial charge is 0.399 e. The molecule has 2 aromatic rings. The molecule has 7 heteroatoms. The highest BCUT2D eigenvalue weighted by atomic mass is 35.5. The molecule has 0 aliphatic carbocycles. The van der Waals surface area contributed by atoms with Crippen molar-refractivity contribution in [3.05, 3.63) is 43.5 Å². The number of thiazole rings is 1. The van der Waals surface area contributed by atoms with Crippen LogP contribution < -0.4 is 15.9 Å². The van der Waals surface area contributed by atoms with Crippen LogP contribution >= 0.6 is 22.9 Å². The lowest BCUT2D eigenvalue weighted by Crippen LogP contribution is -2.25. The van der Waals surface area contributed by atoms with Crippen LogP contribution in [-0.4, -0.2) is 10.5 Å². The second-order valence-electron chi connectivity index (χ2n) is 4.38. The van der Waals surface area contributed by atoms with Gasteiger partial charge in [-0.3, -0.25) is 14.2 Å². The summed E-state index contributed by atoms with van der Waals surface area (Å²) in [4.78, 5) is 24.5. The van der Waals surface area contributed by atoms with Crippen molar-refractivity contribution in [3.63, 3.8) is 0 Å². The number of nitrogens with two attached hydrogens (primary N) is 1. The van der Waals surface area contributed by atoms with Crippen LogP contribution in [0.3, 0.4) is 0 Å². The Morgan fingerprint density at radius 2 is 2.15 bits per heavy atom. The number of anilines is 2. The first kappa shape index (κ1) is 14.6. The molecule has 106 valence electrons. The number of nitrogen functional groups attached to an aromatic ring is 1. The van der Waals surface area contributed by atoms with E-state index in [1.807, 2.05) is 13.8 Å². The van der Waals surface area contributed by atoms with Gasteiger partial charge < -0.3 is 11.1 Å². The molecule has 0 spiro atoms. The van der Waals surface area contributed by atoms with Crippen LogP contribution in [-0.2, 0) is 11.3 Å². The highest BCUT2D eigenvalue weighted by Crippen LogP contribution is 2.24. The molecule has 0 atom stereocenters. The number of hydrogen-bond donors (Lipinski definition) is 2. The van der Waals surface area contributed by atoms with Gasteiger partial charge in [0.2, 0.25) is 5.91 Å². The van der Waals surface area contributed by atoms with E-state index in [1.54, 1.807) is 18.2 Å². The lowest BCUT2D eigenvalue weighted by Gasteiger charge is -2.09. The van der Waals surface area contributed by atoms with Crippen LogP contribution in [0, 0.1) is 13.8 Å². The molecule has 3 N–H and O–H groups in total. The Bertz CT molecular complexity index is 721. The maximum absolute atomic E-state index is 12.0. The van der Waals surface area contributed by atoms with Crippen molar-refractivity contribution >= 4 is 40.2 Å². The maximum Gasteiger partial charge on any atom is 0.308 e. The molecule has 20 heavy (non-hydrogen) atoms. The quantitative estimate of drug-likeness (QED) is 0.854. The molecule has 0 bridgehead atoms. The average Bonchev–Trinajstić information content (AvgIpc) is 2.61. The fourth-order valence-corrected chi connectivity index (χ4v) is 2.74. The summed E-state index contributed by atoms with van der Waals surface area (Å²) in [5.41, 5.74) is 7.39. The number of carbonyl (C=O) groups excluding carboxylic acids is 1. The van der Waals surface area contributed by atoms with Crippen molar-refractivity contribution in [2.75, 3.05) is 11.1 Å². The number of halogens is 1. The summed E-state index contributed by atoms with van der Waals surface area (Å²) in [5.74, 6) is -0.319. The standard InChI is InChI=1S/C13H14ClN3O2S/c1-7-8(2)20-13(19)17(7)6-12(18)16-11-5-9(15)3-4-10(11)14/h3-5H,6,15H2,1-2H3,(H,16,18). The molecular weight excluding hydrogens is 298 g/mol. The molecule has 1 amide bonds. The normalized spacial score (nSPS) is 10.6. The van der Waals surface area contributed by atoms with Crippen LogP contribution in [0.1, 0.15) is 10.6 Å². The van der Waals surface area contributed by atoms with Crippen molar-refractivity contribution in [2.24, 2.45) is 0 Å². The summed E-state index contributed by atoms with van der Waals surface area (Å²) in [5, 5.41) is 3.06. The molecule has 1 heterocycles. The second kappa shape index (κ2) is 5.68.